The standard InChI is InChI=1S/C12H22N2O3/c1-13(2)11(15)7-9-14-8-5-4-6-10(14)12(16)17-3/h10H,4-9H2,1-3H3. The number of hydrogen-bond acceptors (Lipinski definition) is 4. The summed E-state index contributed by atoms with van der Waals surface area (Å²) in [5.74, 6) is -0.0822. The summed E-state index contributed by atoms with van der Waals surface area (Å²) in [6.45, 7) is 1.51. The number of carbonyl (C=O) groups excluding carboxylic acids is 2. The first-order valence-electron chi connectivity index (χ1n) is 6.08. The summed E-state index contributed by atoms with van der Waals surface area (Å²) in [5.41, 5.74) is 0. The molecule has 1 atom stereocenters. The molecule has 1 saturated heterocycles. The maximum atomic E-state index is 11.6. The van der Waals surface area contributed by atoms with Gasteiger partial charge in [0.2, 0.25) is 5.91 Å². The first-order chi connectivity index (χ1) is 8.06. The molecule has 1 amide bonds. The molecule has 0 aromatic rings. The lowest BCUT2D eigenvalue weighted by Gasteiger charge is -2.33. The van der Waals surface area contributed by atoms with Crippen LogP contribution in [0.2, 0.25) is 0 Å². The fourth-order valence-electron chi connectivity index (χ4n) is 2.12. The molecule has 0 N–H and O–H groups in total. The second kappa shape index (κ2) is 6.59. The fourth-order valence-corrected chi connectivity index (χ4v) is 2.12. The van der Waals surface area contributed by atoms with Crippen molar-refractivity contribution in [3.8, 4) is 0 Å². The van der Waals surface area contributed by atoms with Crippen LogP contribution >= 0.6 is 0 Å². The Morgan fingerprint density at radius 2 is 2.06 bits per heavy atom. The lowest BCUT2D eigenvalue weighted by Crippen LogP contribution is -2.46. The highest BCUT2D eigenvalue weighted by molar-refractivity contribution is 5.77. The van der Waals surface area contributed by atoms with Gasteiger partial charge in [-0.3, -0.25) is 14.5 Å². The smallest absolute Gasteiger partial charge is 0.323 e. The molecule has 1 unspecified atom stereocenters. The van der Waals surface area contributed by atoms with Crippen LogP contribution in [0.3, 0.4) is 0 Å². The molecule has 0 aliphatic carbocycles. The number of likely N-dealkylation sites (tertiary alicyclic amines) is 1. The van der Waals surface area contributed by atoms with Crippen molar-refractivity contribution in [3.63, 3.8) is 0 Å². The molecule has 0 radical (unpaired) electrons. The third kappa shape index (κ3) is 4.00. The summed E-state index contributed by atoms with van der Waals surface area (Å²) in [4.78, 5) is 26.8. The number of ether oxygens (including phenoxy) is 1. The number of rotatable bonds is 4. The highest BCUT2D eigenvalue weighted by Crippen LogP contribution is 2.18. The second-order valence-electron chi connectivity index (χ2n) is 4.61. The zero-order chi connectivity index (χ0) is 12.8. The summed E-state index contributed by atoms with van der Waals surface area (Å²) in [5, 5.41) is 0. The van der Waals surface area contributed by atoms with Crippen LogP contribution in [0.1, 0.15) is 25.7 Å². The van der Waals surface area contributed by atoms with E-state index in [1.807, 2.05) is 0 Å². The average molecular weight is 242 g/mol. The minimum absolute atomic E-state index is 0.0965. The monoisotopic (exact) mass is 242 g/mol. The van der Waals surface area contributed by atoms with E-state index in [0.717, 1.165) is 25.8 Å². The van der Waals surface area contributed by atoms with Gasteiger partial charge in [0.1, 0.15) is 6.04 Å². The Bertz CT molecular complexity index is 279. The van der Waals surface area contributed by atoms with E-state index in [2.05, 4.69) is 4.90 Å². The van der Waals surface area contributed by atoms with Crippen molar-refractivity contribution in [2.24, 2.45) is 0 Å². The van der Waals surface area contributed by atoms with Gasteiger partial charge in [-0.05, 0) is 19.4 Å². The van der Waals surface area contributed by atoms with Crippen LogP contribution in [-0.2, 0) is 14.3 Å². The summed E-state index contributed by atoms with van der Waals surface area (Å²) < 4.78 is 4.80. The van der Waals surface area contributed by atoms with Crippen LogP contribution in [-0.4, -0.2) is 62.0 Å². The van der Waals surface area contributed by atoms with Crippen LogP contribution in [0, 0.1) is 0 Å². The molecule has 1 aliphatic heterocycles. The molecule has 0 spiro atoms. The van der Waals surface area contributed by atoms with Gasteiger partial charge in [0.15, 0.2) is 0 Å². The molecule has 17 heavy (non-hydrogen) atoms. The van der Waals surface area contributed by atoms with E-state index < -0.39 is 0 Å². The van der Waals surface area contributed by atoms with Gasteiger partial charge in [0, 0.05) is 27.1 Å². The maximum absolute atomic E-state index is 11.6. The van der Waals surface area contributed by atoms with Crippen LogP contribution in [0.25, 0.3) is 0 Å². The normalized spacial score (nSPS) is 21.0. The van der Waals surface area contributed by atoms with Gasteiger partial charge in [0.05, 0.1) is 7.11 Å². The topological polar surface area (TPSA) is 49.9 Å². The van der Waals surface area contributed by atoms with Gasteiger partial charge < -0.3 is 9.64 Å². The molecule has 1 rings (SSSR count). The van der Waals surface area contributed by atoms with E-state index in [9.17, 15) is 9.59 Å². The lowest BCUT2D eigenvalue weighted by atomic mass is 10.0. The van der Waals surface area contributed by atoms with Crippen molar-refractivity contribution in [2.75, 3.05) is 34.3 Å². The molecule has 0 saturated carbocycles. The molecule has 5 heteroatoms. The van der Waals surface area contributed by atoms with E-state index in [-0.39, 0.29) is 17.9 Å². The molecular formula is C12H22N2O3. The van der Waals surface area contributed by atoms with Crippen molar-refractivity contribution >= 4 is 11.9 Å². The number of methoxy groups -OCH3 is 1. The van der Waals surface area contributed by atoms with Gasteiger partial charge in [-0.15, -0.1) is 0 Å². The molecule has 0 bridgehead atoms. The van der Waals surface area contributed by atoms with Crippen molar-refractivity contribution in [1.29, 1.82) is 0 Å². The Kier molecular flexibility index (Phi) is 5.41. The summed E-state index contributed by atoms with van der Waals surface area (Å²) in [7, 11) is 4.91. The van der Waals surface area contributed by atoms with Crippen LogP contribution < -0.4 is 0 Å². The Morgan fingerprint density at radius 1 is 1.35 bits per heavy atom. The van der Waals surface area contributed by atoms with Gasteiger partial charge in [-0.1, -0.05) is 6.42 Å². The SMILES string of the molecule is COC(=O)C1CCCCN1CCC(=O)N(C)C. The Balaban J connectivity index is 2.48. The number of piperidine rings is 1. The molecule has 98 valence electrons. The number of hydrogen-bond donors (Lipinski definition) is 0. The minimum atomic E-state index is -0.179. The molecule has 1 fully saturated rings. The first kappa shape index (κ1) is 14.0. The zero-order valence-electron chi connectivity index (χ0n) is 10.9. The number of carbonyl (C=O) groups is 2. The Hall–Kier alpha value is -1.10. The molecule has 5 nitrogen and oxygen atoms in total. The number of amides is 1. The molecule has 0 aromatic heterocycles. The summed E-state index contributed by atoms with van der Waals surface area (Å²) in [6, 6.07) is -0.163. The van der Waals surface area contributed by atoms with E-state index >= 15 is 0 Å². The summed E-state index contributed by atoms with van der Waals surface area (Å²) in [6.07, 6.45) is 3.44. The van der Waals surface area contributed by atoms with Gasteiger partial charge in [-0.2, -0.15) is 0 Å². The van der Waals surface area contributed by atoms with Crippen LogP contribution in [0.4, 0.5) is 0 Å². The number of esters is 1. The maximum Gasteiger partial charge on any atom is 0.323 e. The van der Waals surface area contributed by atoms with Crippen molar-refractivity contribution in [2.45, 2.75) is 31.7 Å². The Morgan fingerprint density at radius 3 is 2.65 bits per heavy atom. The lowest BCUT2D eigenvalue weighted by molar-refractivity contribution is -0.148. The average Bonchev–Trinajstić information content (AvgIpc) is 2.35. The quantitative estimate of drug-likeness (QED) is 0.673. The zero-order valence-corrected chi connectivity index (χ0v) is 10.9. The van der Waals surface area contributed by atoms with Crippen LogP contribution in [0.15, 0.2) is 0 Å². The van der Waals surface area contributed by atoms with Crippen molar-refractivity contribution in [3.05, 3.63) is 0 Å². The number of nitrogens with zero attached hydrogens (tertiary/aromatic N) is 2. The summed E-state index contributed by atoms with van der Waals surface area (Å²) >= 11 is 0. The largest absolute Gasteiger partial charge is 0.468 e. The predicted molar refractivity (Wildman–Crippen MR) is 64.5 cm³/mol. The van der Waals surface area contributed by atoms with Crippen molar-refractivity contribution < 1.29 is 14.3 Å². The first-order valence-corrected chi connectivity index (χ1v) is 6.08. The predicted octanol–water partition coefficient (Wildman–Crippen LogP) is 0.492. The second-order valence-corrected chi connectivity index (χ2v) is 4.61. The highest BCUT2D eigenvalue weighted by Gasteiger charge is 2.29. The Labute approximate surface area is 103 Å². The molecule has 0 aromatic carbocycles. The minimum Gasteiger partial charge on any atom is -0.468 e. The van der Waals surface area contributed by atoms with Crippen molar-refractivity contribution in [1.82, 2.24) is 9.80 Å². The van der Waals surface area contributed by atoms with E-state index in [1.165, 1.54) is 7.11 Å². The van der Waals surface area contributed by atoms with Gasteiger partial charge in [-0.25, -0.2) is 0 Å². The fraction of sp³-hybridized carbons (Fsp3) is 0.833. The van der Waals surface area contributed by atoms with E-state index in [4.69, 9.17) is 4.74 Å². The van der Waals surface area contributed by atoms with Gasteiger partial charge >= 0.3 is 5.97 Å². The van der Waals surface area contributed by atoms with E-state index in [0.29, 0.717) is 13.0 Å². The van der Waals surface area contributed by atoms with Crippen LogP contribution in [0.5, 0.6) is 0 Å². The third-order valence-electron chi connectivity index (χ3n) is 3.20. The molecular weight excluding hydrogens is 220 g/mol. The highest BCUT2D eigenvalue weighted by atomic mass is 16.5. The molecule has 1 aliphatic rings. The van der Waals surface area contributed by atoms with Gasteiger partial charge in [0.25, 0.3) is 0 Å². The van der Waals surface area contributed by atoms with E-state index in [1.54, 1.807) is 19.0 Å². The molecule has 1 heterocycles. The third-order valence-corrected chi connectivity index (χ3v) is 3.20.